The van der Waals surface area contributed by atoms with Crippen molar-refractivity contribution in [3.8, 4) is 0 Å². The highest BCUT2D eigenvalue weighted by molar-refractivity contribution is 9.25. The number of benzene rings is 2. The molecule has 2 aromatic rings. The lowest BCUT2D eigenvalue weighted by molar-refractivity contribution is -0.571. The molecule has 100 valence electrons. The summed E-state index contributed by atoms with van der Waals surface area (Å²) in [5.74, 6) is -0.300. The highest BCUT2D eigenvalue weighted by Crippen LogP contribution is 2.18. The van der Waals surface area contributed by atoms with E-state index in [1.54, 1.807) is 0 Å². The molecule has 0 saturated heterocycles. The van der Waals surface area contributed by atoms with Gasteiger partial charge in [-0.15, -0.1) is 0 Å². The van der Waals surface area contributed by atoms with Crippen LogP contribution in [0.25, 0.3) is 10.8 Å². The first kappa shape index (κ1) is 14.5. The second kappa shape index (κ2) is 7.03. The number of hydrogen-bond donors (Lipinski definition) is 1. The first-order valence-electron chi connectivity index (χ1n) is 5.94. The Labute approximate surface area is 128 Å². The molecule has 19 heavy (non-hydrogen) atoms. The van der Waals surface area contributed by atoms with Gasteiger partial charge in [-0.05, 0) is 17.5 Å². The predicted octanol–water partition coefficient (Wildman–Crippen LogP) is 2.69. The summed E-state index contributed by atoms with van der Waals surface area (Å²) in [6.07, 6.45) is 0. The SMILES string of the molecule is O=C(OCC[NH2+]c1cccc2ccccc12)C(Br)Br. The van der Waals surface area contributed by atoms with E-state index < -0.39 is 3.74 Å². The molecule has 0 saturated carbocycles. The number of hydrogen-bond acceptors (Lipinski definition) is 2. The molecule has 0 atom stereocenters. The number of esters is 1. The summed E-state index contributed by atoms with van der Waals surface area (Å²) in [7, 11) is 0. The molecule has 0 heterocycles. The molecular weight excluding hydrogens is 374 g/mol. The van der Waals surface area contributed by atoms with Crippen LogP contribution in [0.4, 0.5) is 5.69 Å². The summed E-state index contributed by atoms with van der Waals surface area (Å²) in [4.78, 5) is 11.2. The second-order valence-electron chi connectivity index (χ2n) is 4.03. The van der Waals surface area contributed by atoms with Crippen molar-refractivity contribution in [1.29, 1.82) is 0 Å². The number of alkyl halides is 2. The number of ether oxygens (including phenoxy) is 1. The maximum Gasteiger partial charge on any atom is 0.330 e. The molecule has 0 bridgehead atoms. The second-order valence-corrected chi connectivity index (χ2v) is 7.09. The summed E-state index contributed by atoms with van der Waals surface area (Å²) >= 11 is 6.20. The third kappa shape index (κ3) is 4.03. The predicted molar refractivity (Wildman–Crippen MR) is 83.0 cm³/mol. The molecule has 0 aromatic heterocycles. The fourth-order valence-corrected chi connectivity index (χ4v) is 2.13. The molecule has 2 N–H and O–H groups in total. The molecule has 2 rings (SSSR count). The highest BCUT2D eigenvalue weighted by Gasteiger charge is 2.12. The smallest absolute Gasteiger partial charge is 0.330 e. The average Bonchev–Trinajstić information content (AvgIpc) is 2.43. The van der Waals surface area contributed by atoms with Gasteiger partial charge in [0.25, 0.3) is 0 Å². The minimum absolute atomic E-state index is 0.300. The molecular formula is C14H14Br2NO2+. The van der Waals surface area contributed by atoms with Crippen molar-refractivity contribution < 1.29 is 14.8 Å². The fraction of sp³-hybridized carbons (Fsp3) is 0.214. The molecule has 0 spiro atoms. The summed E-state index contributed by atoms with van der Waals surface area (Å²) in [5, 5.41) is 4.53. The molecule has 0 radical (unpaired) electrons. The third-order valence-electron chi connectivity index (χ3n) is 2.73. The Morgan fingerprint density at radius 2 is 1.89 bits per heavy atom. The quantitative estimate of drug-likeness (QED) is 0.371. The van der Waals surface area contributed by atoms with Crippen molar-refractivity contribution >= 4 is 54.3 Å². The lowest BCUT2D eigenvalue weighted by Crippen LogP contribution is -2.79. The third-order valence-corrected chi connectivity index (χ3v) is 3.48. The number of halogens is 2. The van der Waals surface area contributed by atoms with E-state index >= 15 is 0 Å². The van der Waals surface area contributed by atoms with Crippen LogP contribution in [-0.4, -0.2) is 22.9 Å². The van der Waals surface area contributed by atoms with Crippen molar-refractivity contribution in [3.05, 3.63) is 42.5 Å². The number of rotatable bonds is 5. The Hall–Kier alpha value is -0.910. The highest BCUT2D eigenvalue weighted by atomic mass is 79.9. The minimum Gasteiger partial charge on any atom is -0.458 e. The van der Waals surface area contributed by atoms with E-state index in [1.807, 2.05) is 18.2 Å². The van der Waals surface area contributed by atoms with Gasteiger partial charge in [-0.3, -0.25) is 0 Å². The Bertz CT molecular complexity index is 567. The van der Waals surface area contributed by atoms with Crippen LogP contribution in [-0.2, 0) is 9.53 Å². The zero-order chi connectivity index (χ0) is 13.7. The number of nitrogens with two attached hydrogens (primary N) is 1. The van der Waals surface area contributed by atoms with Gasteiger partial charge in [-0.25, -0.2) is 4.79 Å². The van der Waals surface area contributed by atoms with E-state index in [0.717, 1.165) is 0 Å². The summed E-state index contributed by atoms with van der Waals surface area (Å²) in [6, 6.07) is 14.4. The summed E-state index contributed by atoms with van der Waals surface area (Å²) in [5.41, 5.74) is 1.17. The van der Waals surface area contributed by atoms with E-state index in [-0.39, 0.29) is 5.97 Å². The van der Waals surface area contributed by atoms with Crippen molar-refractivity contribution in [2.24, 2.45) is 0 Å². The van der Waals surface area contributed by atoms with Crippen molar-refractivity contribution in [2.75, 3.05) is 13.2 Å². The lowest BCUT2D eigenvalue weighted by Gasteiger charge is -2.06. The van der Waals surface area contributed by atoms with Gasteiger partial charge in [0.05, 0.1) is 0 Å². The number of fused-ring (bicyclic) bond motifs is 1. The summed E-state index contributed by atoms with van der Waals surface area (Å²) in [6.45, 7) is 1.09. The Balaban J connectivity index is 1.93. The van der Waals surface area contributed by atoms with Crippen LogP contribution in [0.2, 0.25) is 0 Å². The zero-order valence-electron chi connectivity index (χ0n) is 10.2. The van der Waals surface area contributed by atoms with Crippen molar-refractivity contribution in [3.63, 3.8) is 0 Å². The molecule has 3 nitrogen and oxygen atoms in total. The fourth-order valence-electron chi connectivity index (χ4n) is 1.87. The van der Waals surface area contributed by atoms with E-state index in [9.17, 15) is 4.79 Å². The summed E-state index contributed by atoms with van der Waals surface area (Å²) < 4.78 is 4.64. The first-order valence-corrected chi connectivity index (χ1v) is 7.77. The molecule has 0 amide bonds. The lowest BCUT2D eigenvalue weighted by atomic mass is 10.1. The van der Waals surface area contributed by atoms with Gasteiger partial charge in [0.15, 0.2) is 3.74 Å². The van der Waals surface area contributed by atoms with E-state index in [4.69, 9.17) is 4.74 Å². The van der Waals surface area contributed by atoms with Crippen LogP contribution in [0.1, 0.15) is 0 Å². The Morgan fingerprint density at radius 3 is 2.68 bits per heavy atom. The monoisotopic (exact) mass is 386 g/mol. The van der Waals surface area contributed by atoms with Crippen LogP contribution < -0.4 is 5.32 Å². The minimum atomic E-state index is -0.433. The van der Waals surface area contributed by atoms with Gasteiger partial charge in [0.1, 0.15) is 18.8 Å². The number of quaternary nitrogens is 1. The van der Waals surface area contributed by atoms with Crippen LogP contribution >= 0.6 is 31.9 Å². The first-order chi connectivity index (χ1) is 9.18. The molecule has 0 aliphatic rings. The van der Waals surface area contributed by atoms with Gasteiger partial charge in [-0.1, -0.05) is 62.2 Å². The molecule has 5 heteroatoms. The standard InChI is InChI=1S/C14H13Br2NO2/c15-13(16)14(18)19-9-8-17-12-7-3-5-10-4-1-2-6-11(10)12/h1-7,13,17H,8-9H2/p+1. The largest absolute Gasteiger partial charge is 0.458 e. The van der Waals surface area contributed by atoms with Gasteiger partial charge in [0, 0.05) is 5.39 Å². The van der Waals surface area contributed by atoms with Crippen molar-refractivity contribution in [1.82, 2.24) is 0 Å². The topological polar surface area (TPSA) is 42.9 Å². The molecule has 2 aromatic carbocycles. The number of carbonyl (C=O) groups excluding carboxylic acids is 1. The molecule has 0 unspecified atom stereocenters. The van der Waals surface area contributed by atoms with Gasteiger partial charge < -0.3 is 10.1 Å². The van der Waals surface area contributed by atoms with Gasteiger partial charge in [0.2, 0.25) is 0 Å². The Kier molecular flexibility index (Phi) is 5.36. The van der Waals surface area contributed by atoms with Crippen LogP contribution in [0, 0.1) is 0 Å². The van der Waals surface area contributed by atoms with Crippen LogP contribution in [0.3, 0.4) is 0 Å². The Morgan fingerprint density at radius 1 is 1.16 bits per heavy atom. The maximum atomic E-state index is 11.2. The zero-order valence-corrected chi connectivity index (χ0v) is 13.4. The average molecular weight is 388 g/mol. The van der Waals surface area contributed by atoms with Gasteiger partial charge >= 0.3 is 5.97 Å². The van der Waals surface area contributed by atoms with E-state index in [2.05, 4.69) is 61.4 Å². The van der Waals surface area contributed by atoms with Gasteiger partial charge in [-0.2, -0.15) is 0 Å². The normalized spacial score (nSPS) is 10.9. The van der Waals surface area contributed by atoms with E-state index in [1.165, 1.54) is 16.5 Å². The maximum absolute atomic E-state index is 11.2. The van der Waals surface area contributed by atoms with E-state index in [0.29, 0.717) is 13.2 Å². The van der Waals surface area contributed by atoms with Crippen LogP contribution in [0.5, 0.6) is 0 Å². The number of carbonyl (C=O) groups is 1. The molecule has 0 aliphatic heterocycles. The van der Waals surface area contributed by atoms with Crippen LogP contribution in [0.15, 0.2) is 42.5 Å². The molecule has 0 aliphatic carbocycles. The molecule has 0 fully saturated rings. The van der Waals surface area contributed by atoms with Crippen molar-refractivity contribution in [2.45, 2.75) is 3.74 Å².